The maximum atomic E-state index is 12.6. The van der Waals surface area contributed by atoms with E-state index in [0.717, 1.165) is 25.1 Å². The van der Waals surface area contributed by atoms with Gasteiger partial charge in [0, 0.05) is 18.8 Å². The molecule has 1 atom stereocenters. The van der Waals surface area contributed by atoms with Gasteiger partial charge in [-0.25, -0.2) is 4.79 Å². The molecule has 0 aromatic carbocycles. The fraction of sp³-hybridized carbons (Fsp3) is 0.667. The van der Waals surface area contributed by atoms with Crippen molar-refractivity contribution >= 4 is 11.9 Å². The molecule has 1 aliphatic heterocycles. The minimum Gasteiger partial charge on any atom is -0.480 e. The van der Waals surface area contributed by atoms with Crippen LogP contribution in [0.3, 0.4) is 0 Å². The lowest BCUT2D eigenvalue weighted by molar-refractivity contribution is -0.143. The molecule has 1 aliphatic rings. The maximum absolute atomic E-state index is 12.6. The monoisotopic (exact) mass is 293 g/mol. The van der Waals surface area contributed by atoms with Gasteiger partial charge in [0.15, 0.2) is 0 Å². The van der Waals surface area contributed by atoms with Crippen molar-refractivity contribution in [2.24, 2.45) is 5.92 Å². The van der Waals surface area contributed by atoms with Crippen LogP contribution in [0.5, 0.6) is 0 Å². The number of carbonyl (C=O) groups is 2. The number of carbonyl (C=O) groups excluding carboxylic acids is 1. The summed E-state index contributed by atoms with van der Waals surface area (Å²) >= 11 is 0. The second-order valence-corrected chi connectivity index (χ2v) is 6.07. The molecule has 1 saturated heterocycles. The molecule has 1 aromatic rings. The van der Waals surface area contributed by atoms with Crippen LogP contribution >= 0.6 is 0 Å². The Hall–Kier alpha value is -1.85. The molecule has 1 N–H and O–H groups in total. The van der Waals surface area contributed by atoms with Crippen molar-refractivity contribution in [1.29, 1.82) is 0 Å². The van der Waals surface area contributed by atoms with Gasteiger partial charge in [0.2, 0.25) is 0 Å². The Morgan fingerprint density at radius 1 is 1.43 bits per heavy atom. The van der Waals surface area contributed by atoms with E-state index < -0.39 is 12.0 Å². The average molecular weight is 293 g/mol. The molecule has 0 radical (unpaired) electrons. The van der Waals surface area contributed by atoms with Crippen LogP contribution in [0.25, 0.3) is 0 Å². The van der Waals surface area contributed by atoms with E-state index in [0.29, 0.717) is 24.4 Å². The van der Waals surface area contributed by atoms with Gasteiger partial charge in [0.1, 0.15) is 6.04 Å². The summed E-state index contributed by atoms with van der Waals surface area (Å²) in [6, 6.07) is -0.709. The zero-order valence-electron chi connectivity index (χ0n) is 12.9. The lowest BCUT2D eigenvalue weighted by Crippen LogP contribution is -2.48. The van der Waals surface area contributed by atoms with Crippen molar-refractivity contribution in [3.63, 3.8) is 0 Å². The van der Waals surface area contributed by atoms with Crippen LogP contribution in [0.15, 0.2) is 6.20 Å². The van der Waals surface area contributed by atoms with Gasteiger partial charge in [0.05, 0.1) is 11.8 Å². The Kier molecular flexibility index (Phi) is 4.65. The number of aromatic nitrogens is 2. The van der Waals surface area contributed by atoms with Crippen LogP contribution in [-0.4, -0.2) is 44.3 Å². The molecule has 0 aliphatic carbocycles. The van der Waals surface area contributed by atoms with E-state index in [1.807, 2.05) is 11.6 Å². The van der Waals surface area contributed by atoms with E-state index in [9.17, 15) is 14.7 Å². The van der Waals surface area contributed by atoms with Crippen LogP contribution in [0, 0.1) is 12.8 Å². The molecule has 0 saturated carbocycles. The minimum atomic E-state index is -0.921. The SMILES string of the molecule is Cc1c(C(=O)N2CCCCC2C(=O)O)cnn1CC(C)C. The molecule has 6 nitrogen and oxygen atoms in total. The van der Waals surface area contributed by atoms with Crippen molar-refractivity contribution in [2.75, 3.05) is 6.54 Å². The molecule has 0 spiro atoms. The highest BCUT2D eigenvalue weighted by atomic mass is 16.4. The molecule has 2 heterocycles. The Morgan fingerprint density at radius 2 is 2.14 bits per heavy atom. The highest BCUT2D eigenvalue weighted by Gasteiger charge is 2.33. The van der Waals surface area contributed by atoms with E-state index in [1.165, 1.54) is 4.90 Å². The van der Waals surface area contributed by atoms with Crippen LogP contribution in [0.1, 0.15) is 49.2 Å². The quantitative estimate of drug-likeness (QED) is 0.920. The number of carboxylic acid groups (broad SMARTS) is 1. The van der Waals surface area contributed by atoms with E-state index in [4.69, 9.17) is 0 Å². The summed E-state index contributed by atoms with van der Waals surface area (Å²) in [7, 11) is 0. The smallest absolute Gasteiger partial charge is 0.326 e. The van der Waals surface area contributed by atoms with Gasteiger partial charge in [0.25, 0.3) is 5.91 Å². The predicted molar refractivity (Wildman–Crippen MR) is 78.1 cm³/mol. The molecule has 0 bridgehead atoms. The number of carboxylic acids is 1. The molecule has 1 aromatic heterocycles. The lowest BCUT2D eigenvalue weighted by atomic mass is 10.0. The fourth-order valence-corrected chi connectivity index (χ4v) is 2.77. The van der Waals surface area contributed by atoms with E-state index in [2.05, 4.69) is 18.9 Å². The molecule has 6 heteroatoms. The molecular weight excluding hydrogens is 270 g/mol. The van der Waals surface area contributed by atoms with Gasteiger partial charge in [-0.05, 0) is 32.1 Å². The van der Waals surface area contributed by atoms with Crippen LogP contribution in [-0.2, 0) is 11.3 Å². The summed E-state index contributed by atoms with van der Waals surface area (Å²) in [5.74, 6) is -0.696. The highest BCUT2D eigenvalue weighted by molar-refractivity contribution is 5.97. The van der Waals surface area contributed by atoms with Crippen molar-refractivity contribution in [3.05, 3.63) is 17.5 Å². The van der Waals surface area contributed by atoms with Crippen LogP contribution in [0.4, 0.5) is 0 Å². The van der Waals surface area contributed by atoms with Gasteiger partial charge >= 0.3 is 5.97 Å². The molecule has 1 unspecified atom stereocenters. The largest absolute Gasteiger partial charge is 0.480 e. The van der Waals surface area contributed by atoms with Crippen molar-refractivity contribution in [2.45, 2.75) is 52.6 Å². The summed E-state index contributed by atoms with van der Waals surface area (Å²) in [5, 5.41) is 13.5. The lowest BCUT2D eigenvalue weighted by Gasteiger charge is -2.32. The molecule has 1 fully saturated rings. The van der Waals surface area contributed by atoms with Gasteiger partial charge in [-0.15, -0.1) is 0 Å². The predicted octanol–water partition coefficient (Wildman–Crippen LogP) is 1.93. The van der Waals surface area contributed by atoms with E-state index in [-0.39, 0.29) is 5.91 Å². The first-order valence-electron chi connectivity index (χ1n) is 7.48. The van der Waals surface area contributed by atoms with Gasteiger partial charge in [-0.2, -0.15) is 5.10 Å². The Balaban J connectivity index is 2.22. The summed E-state index contributed by atoms with van der Waals surface area (Å²) in [4.78, 5) is 25.4. The normalized spacial score (nSPS) is 19.0. The number of piperidine rings is 1. The Bertz CT molecular complexity index is 536. The number of hydrogen-bond acceptors (Lipinski definition) is 3. The first-order chi connectivity index (χ1) is 9.91. The standard InChI is InChI=1S/C15H23N3O3/c1-10(2)9-18-11(3)12(8-16-18)14(19)17-7-5-4-6-13(17)15(20)21/h8,10,13H,4-7,9H2,1-3H3,(H,20,21). The van der Waals surface area contributed by atoms with Gasteiger partial charge in [-0.3, -0.25) is 9.48 Å². The van der Waals surface area contributed by atoms with Crippen LogP contribution < -0.4 is 0 Å². The number of nitrogens with zero attached hydrogens (tertiary/aromatic N) is 3. The Morgan fingerprint density at radius 3 is 2.76 bits per heavy atom. The maximum Gasteiger partial charge on any atom is 0.326 e. The van der Waals surface area contributed by atoms with Crippen molar-refractivity contribution in [3.8, 4) is 0 Å². The second kappa shape index (κ2) is 6.28. The number of likely N-dealkylation sites (tertiary alicyclic amines) is 1. The number of hydrogen-bond donors (Lipinski definition) is 1. The topological polar surface area (TPSA) is 75.4 Å². The Labute approximate surface area is 124 Å². The zero-order valence-corrected chi connectivity index (χ0v) is 12.9. The summed E-state index contributed by atoms with van der Waals surface area (Å²) in [6.07, 6.45) is 3.80. The van der Waals surface area contributed by atoms with Gasteiger partial charge < -0.3 is 10.0 Å². The third-order valence-corrected chi connectivity index (χ3v) is 3.92. The molecule has 1 amide bonds. The molecular formula is C15H23N3O3. The first-order valence-corrected chi connectivity index (χ1v) is 7.48. The summed E-state index contributed by atoms with van der Waals surface area (Å²) in [6.45, 7) is 7.30. The van der Waals surface area contributed by atoms with Crippen molar-refractivity contribution < 1.29 is 14.7 Å². The highest BCUT2D eigenvalue weighted by Crippen LogP contribution is 2.21. The second-order valence-electron chi connectivity index (χ2n) is 6.07. The van der Waals surface area contributed by atoms with Crippen molar-refractivity contribution in [1.82, 2.24) is 14.7 Å². The molecule has 21 heavy (non-hydrogen) atoms. The number of rotatable bonds is 4. The zero-order chi connectivity index (χ0) is 15.6. The summed E-state index contributed by atoms with van der Waals surface area (Å²) < 4.78 is 1.82. The number of amides is 1. The fourth-order valence-electron chi connectivity index (χ4n) is 2.77. The first kappa shape index (κ1) is 15.5. The van der Waals surface area contributed by atoms with E-state index in [1.54, 1.807) is 6.20 Å². The number of aliphatic carboxylic acids is 1. The van der Waals surface area contributed by atoms with E-state index >= 15 is 0 Å². The average Bonchev–Trinajstić information content (AvgIpc) is 2.79. The van der Waals surface area contributed by atoms with Gasteiger partial charge in [-0.1, -0.05) is 13.8 Å². The third kappa shape index (κ3) is 3.25. The van der Waals surface area contributed by atoms with Crippen LogP contribution in [0.2, 0.25) is 0 Å². The summed E-state index contributed by atoms with van der Waals surface area (Å²) in [5.41, 5.74) is 1.33. The molecule has 2 rings (SSSR count). The molecule has 116 valence electrons. The third-order valence-electron chi connectivity index (χ3n) is 3.92. The minimum absolute atomic E-state index is 0.213.